The first kappa shape index (κ1) is 24.0. The molecule has 16 heteroatoms. The molecule has 0 aliphatic carbocycles. The Balaban J connectivity index is 1.24. The predicted octanol–water partition coefficient (Wildman–Crippen LogP) is 2.34. The SMILES string of the molecule is C[C@@]12OC(=O)O[C@@H]1[C@@H](CO[P@]1(=O)OCC[C@H](c3cccc(F)c3)O1)O[C@H]2n1cnc2c(=O)[nH]c(N)nc21. The highest BCUT2D eigenvalue weighted by atomic mass is 31.2. The topological polar surface area (TPSA) is 179 Å². The van der Waals surface area contributed by atoms with Gasteiger partial charge in [-0.05, 0) is 24.6 Å². The molecule has 3 aliphatic heterocycles. The van der Waals surface area contributed by atoms with Crippen LogP contribution < -0.4 is 11.3 Å². The van der Waals surface area contributed by atoms with Gasteiger partial charge in [-0.1, -0.05) is 12.1 Å². The normalized spacial score (nSPS) is 33.3. The van der Waals surface area contributed by atoms with E-state index in [0.717, 1.165) is 0 Å². The number of phosphoric acid groups is 1. The van der Waals surface area contributed by atoms with Crippen LogP contribution in [0.5, 0.6) is 0 Å². The highest BCUT2D eigenvalue weighted by Gasteiger charge is 2.64. The summed E-state index contributed by atoms with van der Waals surface area (Å²) in [5, 5.41) is 0. The molecule has 0 bridgehead atoms. The maximum absolute atomic E-state index is 13.7. The van der Waals surface area contributed by atoms with Gasteiger partial charge >= 0.3 is 14.0 Å². The maximum Gasteiger partial charge on any atom is 0.509 e. The number of aromatic amines is 1. The molecule has 37 heavy (non-hydrogen) atoms. The van der Waals surface area contributed by atoms with E-state index in [1.807, 2.05) is 0 Å². The van der Waals surface area contributed by atoms with Crippen molar-refractivity contribution < 1.29 is 41.5 Å². The van der Waals surface area contributed by atoms with Gasteiger partial charge in [-0.15, -0.1) is 0 Å². The zero-order valence-corrected chi connectivity index (χ0v) is 20.1. The summed E-state index contributed by atoms with van der Waals surface area (Å²) in [7, 11) is -4.09. The van der Waals surface area contributed by atoms with E-state index >= 15 is 0 Å². The van der Waals surface area contributed by atoms with Crippen LogP contribution in [0.4, 0.5) is 15.1 Å². The zero-order chi connectivity index (χ0) is 25.9. The van der Waals surface area contributed by atoms with E-state index in [1.165, 1.54) is 29.1 Å². The molecule has 5 heterocycles. The second-order valence-electron chi connectivity index (χ2n) is 8.89. The minimum Gasteiger partial charge on any atom is -0.424 e. The Morgan fingerprint density at radius 1 is 1.38 bits per heavy atom. The molecule has 14 nitrogen and oxygen atoms in total. The van der Waals surface area contributed by atoms with Gasteiger partial charge in [-0.25, -0.2) is 18.7 Å². The number of phosphoric ester groups is 1. The summed E-state index contributed by atoms with van der Waals surface area (Å²) in [5.41, 5.74) is 4.33. The zero-order valence-electron chi connectivity index (χ0n) is 19.2. The van der Waals surface area contributed by atoms with Crippen molar-refractivity contribution in [3.05, 3.63) is 52.3 Å². The van der Waals surface area contributed by atoms with E-state index in [-0.39, 0.29) is 30.3 Å². The smallest absolute Gasteiger partial charge is 0.424 e. The largest absolute Gasteiger partial charge is 0.509 e. The fourth-order valence-electron chi connectivity index (χ4n) is 4.75. The highest BCUT2D eigenvalue weighted by molar-refractivity contribution is 7.48. The van der Waals surface area contributed by atoms with Crippen LogP contribution in [0.1, 0.15) is 31.2 Å². The summed E-state index contributed by atoms with van der Waals surface area (Å²) >= 11 is 0. The van der Waals surface area contributed by atoms with Crippen molar-refractivity contribution in [1.82, 2.24) is 19.5 Å². The molecule has 196 valence electrons. The van der Waals surface area contributed by atoms with Crippen molar-refractivity contribution in [3.8, 4) is 0 Å². The molecular weight excluding hydrogens is 516 g/mol. The van der Waals surface area contributed by atoms with Crippen molar-refractivity contribution in [2.75, 3.05) is 18.9 Å². The van der Waals surface area contributed by atoms with Crippen molar-refractivity contribution in [2.24, 2.45) is 0 Å². The van der Waals surface area contributed by atoms with Crippen molar-refractivity contribution >= 4 is 31.1 Å². The van der Waals surface area contributed by atoms with Crippen LogP contribution in [0.15, 0.2) is 35.4 Å². The molecule has 3 aromatic rings. The molecule has 6 rings (SSSR count). The lowest BCUT2D eigenvalue weighted by Crippen LogP contribution is -2.42. The van der Waals surface area contributed by atoms with E-state index < -0.39 is 55.5 Å². The predicted molar refractivity (Wildman–Crippen MR) is 121 cm³/mol. The van der Waals surface area contributed by atoms with Crippen molar-refractivity contribution in [1.29, 1.82) is 0 Å². The molecule has 3 N–H and O–H groups in total. The van der Waals surface area contributed by atoms with Crippen LogP contribution in [0.2, 0.25) is 0 Å². The highest BCUT2D eigenvalue weighted by Crippen LogP contribution is 2.58. The number of rotatable bonds is 5. The van der Waals surface area contributed by atoms with Crippen LogP contribution in [0.25, 0.3) is 11.2 Å². The lowest BCUT2D eigenvalue weighted by molar-refractivity contribution is -0.0925. The lowest BCUT2D eigenvalue weighted by Gasteiger charge is -2.29. The summed E-state index contributed by atoms with van der Waals surface area (Å²) in [5.74, 6) is -0.600. The van der Waals surface area contributed by atoms with Crippen LogP contribution in [-0.2, 0) is 32.3 Å². The molecule has 0 unspecified atom stereocenters. The minimum atomic E-state index is -4.09. The quantitative estimate of drug-likeness (QED) is 0.359. The van der Waals surface area contributed by atoms with Crippen LogP contribution in [-0.4, -0.2) is 56.7 Å². The third kappa shape index (κ3) is 4.08. The number of hydrogen-bond donors (Lipinski definition) is 2. The number of aromatic nitrogens is 4. The summed E-state index contributed by atoms with van der Waals surface area (Å²) < 4.78 is 61.6. The molecule has 3 aliphatic rings. The number of ether oxygens (including phenoxy) is 3. The summed E-state index contributed by atoms with van der Waals surface area (Å²) in [6, 6.07) is 5.74. The van der Waals surface area contributed by atoms with E-state index in [4.69, 9.17) is 33.5 Å². The Labute approximate surface area is 207 Å². The summed E-state index contributed by atoms with van der Waals surface area (Å²) in [6.07, 6.45) is -3.03. The first-order valence-electron chi connectivity index (χ1n) is 11.3. The maximum atomic E-state index is 13.7. The molecule has 0 spiro atoms. The fraction of sp³-hybridized carbons (Fsp3) is 0.429. The molecule has 6 atom stereocenters. The van der Waals surface area contributed by atoms with E-state index in [9.17, 15) is 18.5 Å². The molecule has 3 saturated heterocycles. The number of H-pyrrole nitrogens is 1. The second kappa shape index (κ2) is 8.60. The molecule has 0 amide bonds. The molecule has 3 fully saturated rings. The van der Waals surface area contributed by atoms with E-state index in [1.54, 1.807) is 13.0 Å². The number of carbonyl (C=O) groups excluding carboxylic acids is 1. The number of imidazole rings is 1. The Kier molecular flexibility index (Phi) is 5.58. The Bertz CT molecular complexity index is 1500. The monoisotopic (exact) mass is 537 g/mol. The van der Waals surface area contributed by atoms with Gasteiger partial charge in [0.25, 0.3) is 5.56 Å². The average Bonchev–Trinajstić information content (AvgIpc) is 3.47. The number of fused-ring (bicyclic) bond motifs is 2. The molecule has 0 radical (unpaired) electrons. The summed E-state index contributed by atoms with van der Waals surface area (Å²) in [4.78, 5) is 34.9. The third-order valence-electron chi connectivity index (χ3n) is 6.43. The number of nitrogen functional groups attached to an aromatic ring is 1. The first-order valence-corrected chi connectivity index (χ1v) is 12.7. The van der Waals surface area contributed by atoms with Gasteiger partial charge < -0.3 is 19.9 Å². The standard InChI is InChI=1S/C21H21FN5O9P/c1-21-15(34-20(29)35-21)13(33-18(21)27-9-24-14-16(27)25-19(23)26-17(14)28)8-32-37(30)31-6-5-12(36-37)10-3-2-4-11(22)7-10/h2-4,7,9,12-13,15,18H,5-6,8H2,1H3,(H3,23,25,26,28)/t12-,13-,15-,18-,21-,37+/m1/s1. The lowest BCUT2D eigenvalue weighted by atomic mass is 9.96. The average molecular weight is 537 g/mol. The second-order valence-corrected chi connectivity index (χ2v) is 10.5. The third-order valence-corrected chi connectivity index (χ3v) is 7.91. The van der Waals surface area contributed by atoms with Gasteiger partial charge in [0.15, 0.2) is 29.1 Å². The number of benzene rings is 1. The van der Waals surface area contributed by atoms with Gasteiger partial charge in [0.05, 0.1) is 25.6 Å². The molecule has 0 saturated carbocycles. The van der Waals surface area contributed by atoms with Crippen molar-refractivity contribution in [3.63, 3.8) is 0 Å². The minimum absolute atomic E-state index is 0.000255. The molecule has 2 aromatic heterocycles. The number of halogens is 1. The van der Waals surface area contributed by atoms with Crippen LogP contribution in [0.3, 0.4) is 0 Å². The molecular formula is C21H21FN5O9P. The number of nitrogens with two attached hydrogens (primary N) is 1. The fourth-order valence-corrected chi connectivity index (χ4v) is 6.14. The van der Waals surface area contributed by atoms with Crippen molar-refractivity contribution in [2.45, 2.75) is 43.5 Å². The van der Waals surface area contributed by atoms with Gasteiger partial charge in [0, 0.05) is 6.42 Å². The van der Waals surface area contributed by atoms with Crippen LogP contribution in [0, 0.1) is 5.82 Å². The Hall–Kier alpha value is -3.36. The number of hydrogen-bond acceptors (Lipinski definition) is 12. The van der Waals surface area contributed by atoms with Crippen LogP contribution >= 0.6 is 7.82 Å². The Morgan fingerprint density at radius 3 is 3.03 bits per heavy atom. The number of carbonyl (C=O) groups is 1. The molecule has 1 aromatic carbocycles. The van der Waals surface area contributed by atoms with Gasteiger partial charge in [0.1, 0.15) is 11.9 Å². The van der Waals surface area contributed by atoms with Gasteiger partial charge in [0.2, 0.25) is 5.95 Å². The van der Waals surface area contributed by atoms with E-state index in [0.29, 0.717) is 12.0 Å². The number of nitrogens with one attached hydrogen (secondary N) is 1. The summed E-state index contributed by atoms with van der Waals surface area (Å²) in [6.45, 7) is 1.25. The number of nitrogens with zero attached hydrogens (tertiary/aromatic N) is 3. The van der Waals surface area contributed by atoms with E-state index in [2.05, 4.69) is 15.0 Å². The van der Waals surface area contributed by atoms with Gasteiger partial charge in [-0.3, -0.25) is 27.9 Å². The number of anilines is 1. The van der Waals surface area contributed by atoms with Gasteiger partial charge in [-0.2, -0.15) is 4.98 Å². The Morgan fingerprint density at radius 2 is 2.22 bits per heavy atom. The first-order chi connectivity index (χ1) is 17.6.